The number of hydrogen-bond donors (Lipinski definition) is 1. The summed E-state index contributed by atoms with van der Waals surface area (Å²) < 4.78 is 27.4. The van der Waals surface area contributed by atoms with E-state index < -0.39 is 10.0 Å². The third-order valence-electron chi connectivity index (χ3n) is 3.82. The van der Waals surface area contributed by atoms with Gasteiger partial charge >= 0.3 is 0 Å². The number of hydrogen-bond acceptors (Lipinski definition) is 3. The highest BCUT2D eigenvalue weighted by atomic mass is 35.5. The highest BCUT2D eigenvalue weighted by Crippen LogP contribution is 2.33. The zero-order chi connectivity index (χ0) is 15.8. The summed E-state index contributed by atoms with van der Waals surface area (Å²) in [6.45, 7) is 4.59. The van der Waals surface area contributed by atoms with Crippen molar-refractivity contribution in [1.29, 1.82) is 0 Å². The molecule has 1 atom stereocenters. The summed E-state index contributed by atoms with van der Waals surface area (Å²) in [5.41, 5.74) is 6.09. The highest BCUT2D eigenvalue weighted by molar-refractivity contribution is 7.89. The Morgan fingerprint density at radius 3 is 2.71 bits per heavy atom. The van der Waals surface area contributed by atoms with E-state index in [9.17, 15) is 8.42 Å². The van der Waals surface area contributed by atoms with Crippen LogP contribution in [-0.4, -0.2) is 30.3 Å². The highest BCUT2D eigenvalue weighted by Gasteiger charge is 2.37. The van der Waals surface area contributed by atoms with Crippen molar-refractivity contribution < 1.29 is 8.42 Å². The molecule has 1 saturated heterocycles. The van der Waals surface area contributed by atoms with Gasteiger partial charge in [0, 0.05) is 18.2 Å². The van der Waals surface area contributed by atoms with Crippen molar-refractivity contribution in [2.75, 3.05) is 6.54 Å². The van der Waals surface area contributed by atoms with E-state index in [0.717, 1.165) is 12.8 Å². The summed E-state index contributed by atoms with van der Waals surface area (Å²) >= 11 is 11.0. The molecular weight excluding hydrogens is 328 g/mol. The molecule has 0 aromatic heterocycles. The van der Waals surface area contributed by atoms with Gasteiger partial charge in [-0.05, 0) is 30.9 Å². The monoisotopic (exact) mass is 346 g/mol. The third-order valence-corrected chi connectivity index (χ3v) is 6.46. The van der Waals surface area contributed by atoms with E-state index in [1.165, 1.54) is 12.1 Å². The molecule has 0 radical (unpaired) electrons. The van der Waals surface area contributed by atoms with Crippen molar-refractivity contribution in [3.63, 3.8) is 0 Å². The number of thiocarbonyl (C=S) groups is 1. The predicted molar refractivity (Wildman–Crippen MR) is 89.1 cm³/mol. The molecule has 1 aromatic carbocycles. The van der Waals surface area contributed by atoms with Crippen molar-refractivity contribution in [2.24, 2.45) is 11.7 Å². The summed E-state index contributed by atoms with van der Waals surface area (Å²) in [5, 5.41) is 0.199. The standard InChI is InChI=1S/C14H19ClN2O2S2/c1-9(2)12-4-3-7-17(12)21(18,19)13-8-10(14(16)20)5-6-11(13)15/h5-6,8-9,12H,3-4,7H2,1-2H3,(H2,16,20). The molecule has 0 aliphatic carbocycles. The lowest BCUT2D eigenvalue weighted by molar-refractivity contribution is 0.316. The average molecular weight is 347 g/mol. The first kappa shape index (κ1) is 16.7. The van der Waals surface area contributed by atoms with Gasteiger partial charge in [-0.25, -0.2) is 8.42 Å². The summed E-state index contributed by atoms with van der Waals surface area (Å²) in [4.78, 5) is 0.243. The Balaban J connectivity index is 2.49. The molecule has 1 fully saturated rings. The van der Waals surface area contributed by atoms with Gasteiger partial charge in [0.15, 0.2) is 0 Å². The van der Waals surface area contributed by atoms with Gasteiger partial charge in [0.05, 0.1) is 5.02 Å². The average Bonchev–Trinajstić information content (AvgIpc) is 2.88. The quantitative estimate of drug-likeness (QED) is 0.851. The van der Waals surface area contributed by atoms with Crippen LogP contribution >= 0.6 is 23.8 Å². The third kappa shape index (κ3) is 3.23. The molecule has 0 bridgehead atoms. The zero-order valence-electron chi connectivity index (χ0n) is 12.0. The molecule has 21 heavy (non-hydrogen) atoms. The van der Waals surface area contributed by atoms with Gasteiger partial charge in [0.25, 0.3) is 0 Å². The van der Waals surface area contributed by atoms with Crippen LogP contribution in [0.1, 0.15) is 32.3 Å². The first-order valence-corrected chi connectivity index (χ1v) is 9.09. The van der Waals surface area contributed by atoms with Crippen molar-refractivity contribution >= 4 is 38.8 Å². The Morgan fingerprint density at radius 1 is 1.48 bits per heavy atom. The predicted octanol–water partition coefficient (Wildman–Crippen LogP) is 2.78. The van der Waals surface area contributed by atoms with E-state index in [-0.39, 0.29) is 26.9 Å². The second kappa shape index (κ2) is 6.20. The summed E-state index contributed by atoms with van der Waals surface area (Å²) in [6.07, 6.45) is 1.75. The lowest BCUT2D eigenvalue weighted by atomic mass is 10.0. The van der Waals surface area contributed by atoms with Gasteiger partial charge in [0.2, 0.25) is 10.0 Å². The van der Waals surface area contributed by atoms with Crippen LogP contribution in [0.2, 0.25) is 5.02 Å². The normalized spacial score (nSPS) is 20.1. The number of nitrogens with zero attached hydrogens (tertiary/aromatic N) is 1. The van der Waals surface area contributed by atoms with Crippen LogP contribution in [0, 0.1) is 5.92 Å². The fraction of sp³-hybridized carbons (Fsp3) is 0.500. The zero-order valence-corrected chi connectivity index (χ0v) is 14.4. The van der Waals surface area contributed by atoms with Gasteiger partial charge in [-0.15, -0.1) is 0 Å². The molecule has 116 valence electrons. The second-order valence-corrected chi connectivity index (χ2v) is 8.28. The van der Waals surface area contributed by atoms with Gasteiger partial charge in [-0.2, -0.15) is 4.31 Å². The van der Waals surface area contributed by atoms with E-state index in [0.29, 0.717) is 12.1 Å². The van der Waals surface area contributed by atoms with Crippen molar-refractivity contribution in [1.82, 2.24) is 4.31 Å². The van der Waals surface area contributed by atoms with Crippen molar-refractivity contribution in [2.45, 2.75) is 37.6 Å². The minimum Gasteiger partial charge on any atom is -0.389 e. The SMILES string of the molecule is CC(C)C1CCCN1S(=O)(=O)c1cc(C(N)=S)ccc1Cl. The number of sulfonamides is 1. The van der Waals surface area contributed by atoms with E-state index in [4.69, 9.17) is 29.6 Å². The lowest BCUT2D eigenvalue weighted by Crippen LogP contribution is -2.38. The minimum absolute atomic E-state index is 0.0135. The van der Waals surface area contributed by atoms with Gasteiger partial charge < -0.3 is 5.73 Å². The van der Waals surface area contributed by atoms with Crippen LogP contribution in [0.3, 0.4) is 0 Å². The number of rotatable bonds is 4. The molecule has 7 heteroatoms. The lowest BCUT2D eigenvalue weighted by Gasteiger charge is -2.27. The smallest absolute Gasteiger partial charge is 0.244 e. The first-order valence-electron chi connectivity index (χ1n) is 6.86. The second-order valence-electron chi connectivity index (χ2n) is 5.58. The molecule has 1 aromatic rings. The largest absolute Gasteiger partial charge is 0.389 e. The van der Waals surface area contributed by atoms with Crippen molar-refractivity contribution in [3.05, 3.63) is 28.8 Å². The Kier molecular flexibility index (Phi) is 4.92. The molecule has 2 N–H and O–H groups in total. The summed E-state index contributed by atoms with van der Waals surface area (Å²) in [6, 6.07) is 4.65. The molecule has 1 unspecified atom stereocenters. The van der Waals surface area contributed by atoms with Crippen LogP contribution < -0.4 is 5.73 Å². The van der Waals surface area contributed by atoms with Gasteiger partial charge in [0.1, 0.15) is 9.88 Å². The molecule has 1 aliphatic rings. The van der Waals surface area contributed by atoms with Gasteiger partial charge in [-0.3, -0.25) is 0 Å². The number of nitrogens with two attached hydrogens (primary N) is 1. The van der Waals surface area contributed by atoms with E-state index in [2.05, 4.69) is 0 Å². The number of halogens is 1. The summed E-state index contributed by atoms with van der Waals surface area (Å²) in [5.74, 6) is 0.264. The Morgan fingerprint density at radius 2 is 2.14 bits per heavy atom. The first-order chi connectivity index (χ1) is 9.75. The van der Waals surface area contributed by atoms with E-state index in [1.807, 2.05) is 13.8 Å². The van der Waals surface area contributed by atoms with Crippen LogP contribution in [0.15, 0.2) is 23.1 Å². The molecule has 0 saturated carbocycles. The Labute approximate surface area is 136 Å². The maximum absolute atomic E-state index is 12.9. The van der Waals surface area contributed by atoms with Crippen molar-refractivity contribution in [3.8, 4) is 0 Å². The fourth-order valence-corrected chi connectivity index (χ4v) is 5.17. The summed E-state index contributed by atoms with van der Waals surface area (Å²) in [7, 11) is -3.63. The maximum atomic E-state index is 12.9. The maximum Gasteiger partial charge on any atom is 0.244 e. The molecule has 1 heterocycles. The Bertz CT molecular complexity index is 659. The molecule has 0 spiro atoms. The minimum atomic E-state index is -3.63. The van der Waals surface area contributed by atoms with Crippen LogP contribution in [0.25, 0.3) is 0 Å². The van der Waals surface area contributed by atoms with Crippen LogP contribution in [0.5, 0.6) is 0 Å². The van der Waals surface area contributed by atoms with E-state index in [1.54, 1.807) is 10.4 Å². The molecule has 4 nitrogen and oxygen atoms in total. The Hall–Kier alpha value is -0.690. The fourth-order valence-electron chi connectivity index (χ4n) is 2.71. The molecule has 0 amide bonds. The molecule has 1 aliphatic heterocycles. The van der Waals surface area contributed by atoms with E-state index >= 15 is 0 Å². The molecule has 2 rings (SSSR count). The topological polar surface area (TPSA) is 63.4 Å². The number of benzene rings is 1. The van der Waals surface area contributed by atoms with Crippen LogP contribution in [0.4, 0.5) is 0 Å². The van der Waals surface area contributed by atoms with Gasteiger partial charge in [-0.1, -0.05) is 43.7 Å². The molecular formula is C14H19ClN2O2S2. The van der Waals surface area contributed by atoms with Crippen LogP contribution in [-0.2, 0) is 10.0 Å².